The lowest BCUT2D eigenvalue weighted by Gasteiger charge is -2.38. The summed E-state index contributed by atoms with van der Waals surface area (Å²) in [6.45, 7) is 17.5. The second-order valence-corrected chi connectivity index (χ2v) is 21.5. The van der Waals surface area contributed by atoms with E-state index in [-0.39, 0.29) is 6.61 Å². The van der Waals surface area contributed by atoms with E-state index < -0.39 is 34.5 Å². The third-order valence-electron chi connectivity index (χ3n) is 2.30. The second kappa shape index (κ2) is 7.64. The van der Waals surface area contributed by atoms with E-state index in [0.717, 1.165) is 12.5 Å². The zero-order valence-corrected chi connectivity index (χ0v) is 18.0. The summed E-state index contributed by atoms with van der Waals surface area (Å²) in [5.74, 6) is 0. The Morgan fingerprint density at radius 2 is 1.42 bits per heavy atom. The Morgan fingerprint density at radius 1 is 0.895 bits per heavy atom. The molecule has 0 aliphatic carbocycles. The van der Waals surface area contributed by atoms with Gasteiger partial charge in [0.25, 0.3) is 0 Å². The molecule has 0 amide bonds. The quantitative estimate of drug-likeness (QED) is 0.655. The van der Waals surface area contributed by atoms with Crippen molar-refractivity contribution >= 4 is 34.5 Å². The van der Waals surface area contributed by atoms with E-state index in [1.54, 1.807) is 0 Å². The molecule has 0 aromatic heterocycles. The number of rotatable bonds is 9. The molecule has 0 heterocycles. The zero-order valence-electron chi connectivity index (χ0n) is 13.9. The average Bonchev–Trinajstić information content (AvgIpc) is 2.06. The van der Waals surface area contributed by atoms with Gasteiger partial charge in [-0.25, -0.2) is 0 Å². The molecule has 0 saturated carbocycles. The predicted molar refractivity (Wildman–Crippen MR) is 91.1 cm³/mol. The minimum Gasteiger partial charge on any atom is -0.439 e. The topological polar surface area (TPSA) is 47.9 Å². The van der Waals surface area contributed by atoms with E-state index in [1.807, 2.05) is 0 Å². The van der Waals surface area contributed by atoms with Crippen LogP contribution in [0.25, 0.3) is 0 Å². The first-order chi connectivity index (χ1) is 8.37. The SMILES string of the molecule is C[SiH](CCCO)O[Si](C)(C)O[Si](C)(C)O[Si](C)(C)C. The third kappa shape index (κ3) is 11.1. The molecule has 0 aromatic carbocycles. The monoisotopic (exact) mass is 340 g/mol. The fourth-order valence-electron chi connectivity index (χ4n) is 2.30. The highest BCUT2D eigenvalue weighted by Crippen LogP contribution is 2.22. The van der Waals surface area contributed by atoms with Crippen molar-refractivity contribution in [2.75, 3.05) is 6.61 Å². The van der Waals surface area contributed by atoms with E-state index in [9.17, 15) is 0 Å². The standard InChI is InChI=1S/C11H32O4Si4/c1-16(11-9-10-12)13-18(5,6)15-19(7,8)14-17(2,3)4/h12,16H,9-11H2,1-8H3. The van der Waals surface area contributed by atoms with E-state index in [1.165, 1.54) is 0 Å². The molecule has 116 valence electrons. The molecule has 0 radical (unpaired) electrons. The van der Waals surface area contributed by atoms with Gasteiger partial charge in [0.1, 0.15) is 0 Å². The second-order valence-electron chi connectivity index (χ2n) is 6.91. The van der Waals surface area contributed by atoms with Gasteiger partial charge in [0, 0.05) is 6.61 Å². The van der Waals surface area contributed by atoms with Gasteiger partial charge in [-0.3, -0.25) is 0 Å². The number of aliphatic hydroxyl groups is 1. The molecule has 0 rings (SSSR count). The summed E-state index contributed by atoms with van der Waals surface area (Å²) in [6.07, 6.45) is 0.837. The Balaban J connectivity index is 4.41. The largest absolute Gasteiger partial charge is 0.439 e. The highest BCUT2D eigenvalue weighted by molar-refractivity contribution is 6.87. The van der Waals surface area contributed by atoms with Crippen LogP contribution in [0.1, 0.15) is 6.42 Å². The first-order valence-electron chi connectivity index (χ1n) is 7.06. The lowest BCUT2D eigenvalue weighted by atomic mass is 10.5. The molecule has 8 heteroatoms. The summed E-state index contributed by atoms with van der Waals surface area (Å²) < 4.78 is 18.7. The predicted octanol–water partition coefficient (Wildman–Crippen LogP) is 3.01. The fraction of sp³-hybridized carbons (Fsp3) is 1.00. The van der Waals surface area contributed by atoms with Crippen LogP contribution < -0.4 is 0 Å². The molecule has 0 fully saturated rings. The first kappa shape index (κ1) is 19.7. The summed E-state index contributed by atoms with van der Waals surface area (Å²) in [5.41, 5.74) is 0. The molecular weight excluding hydrogens is 308 g/mol. The first-order valence-corrected chi connectivity index (χ1v) is 18.5. The summed E-state index contributed by atoms with van der Waals surface area (Å²) in [7, 11) is -7.02. The Bertz CT molecular complexity index is 266. The number of aliphatic hydroxyl groups excluding tert-OH is 1. The van der Waals surface area contributed by atoms with Crippen molar-refractivity contribution in [2.45, 2.75) is 64.8 Å². The molecule has 19 heavy (non-hydrogen) atoms. The van der Waals surface area contributed by atoms with Crippen molar-refractivity contribution in [3.05, 3.63) is 0 Å². The Kier molecular flexibility index (Phi) is 7.93. The Hall–Kier alpha value is 0.708. The Labute approximate surface area is 123 Å². The minimum atomic E-state index is -2.11. The van der Waals surface area contributed by atoms with E-state index in [0.29, 0.717) is 0 Å². The van der Waals surface area contributed by atoms with Gasteiger partial charge < -0.3 is 17.5 Å². The van der Waals surface area contributed by atoms with Gasteiger partial charge in [0.15, 0.2) is 17.4 Å². The van der Waals surface area contributed by atoms with Crippen LogP contribution in [0.4, 0.5) is 0 Å². The molecule has 0 bridgehead atoms. The van der Waals surface area contributed by atoms with Crippen molar-refractivity contribution in [3.8, 4) is 0 Å². The molecule has 0 spiro atoms. The van der Waals surface area contributed by atoms with Crippen LogP contribution in [0, 0.1) is 0 Å². The zero-order chi connectivity index (χ0) is 15.3. The van der Waals surface area contributed by atoms with Gasteiger partial charge in [-0.1, -0.05) is 0 Å². The van der Waals surface area contributed by atoms with Crippen molar-refractivity contribution in [3.63, 3.8) is 0 Å². The average molecular weight is 341 g/mol. The lowest BCUT2D eigenvalue weighted by molar-refractivity contribution is 0.291. The van der Waals surface area contributed by atoms with Crippen LogP contribution in [-0.2, 0) is 12.3 Å². The number of hydrogen-bond donors (Lipinski definition) is 1. The van der Waals surface area contributed by atoms with Crippen LogP contribution in [0.5, 0.6) is 0 Å². The van der Waals surface area contributed by atoms with Gasteiger partial charge in [0.05, 0.1) is 0 Å². The fourth-order valence-corrected chi connectivity index (χ4v) is 19.2. The highest BCUT2D eigenvalue weighted by Gasteiger charge is 2.39. The molecule has 1 unspecified atom stereocenters. The van der Waals surface area contributed by atoms with Gasteiger partial charge in [-0.15, -0.1) is 0 Å². The molecule has 1 N–H and O–H groups in total. The Morgan fingerprint density at radius 3 is 1.84 bits per heavy atom. The third-order valence-corrected chi connectivity index (χ3v) is 15.7. The maximum Gasteiger partial charge on any atom is 0.312 e. The molecule has 1 atom stereocenters. The van der Waals surface area contributed by atoms with Crippen LogP contribution >= 0.6 is 0 Å². The maximum absolute atomic E-state index is 8.87. The van der Waals surface area contributed by atoms with Gasteiger partial charge in [0.2, 0.25) is 0 Å². The molecule has 0 aliphatic heterocycles. The van der Waals surface area contributed by atoms with Crippen molar-refractivity contribution in [1.82, 2.24) is 0 Å². The maximum atomic E-state index is 8.87. The number of hydrogen-bond acceptors (Lipinski definition) is 4. The summed E-state index contributed by atoms with van der Waals surface area (Å²) in [4.78, 5) is 0. The molecule has 0 saturated heterocycles. The van der Waals surface area contributed by atoms with Gasteiger partial charge in [-0.2, -0.15) is 0 Å². The van der Waals surface area contributed by atoms with Crippen LogP contribution in [0.15, 0.2) is 0 Å². The minimum absolute atomic E-state index is 0.252. The summed E-state index contributed by atoms with van der Waals surface area (Å²) in [6, 6.07) is 1.01. The van der Waals surface area contributed by atoms with Crippen LogP contribution in [0.2, 0.25) is 58.4 Å². The molecule has 0 aliphatic rings. The van der Waals surface area contributed by atoms with Crippen molar-refractivity contribution in [1.29, 1.82) is 0 Å². The van der Waals surface area contributed by atoms with Gasteiger partial charge in [-0.05, 0) is 64.8 Å². The van der Waals surface area contributed by atoms with Crippen LogP contribution in [0.3, 0.4) is 0 Å². The molecule has 0 aromatic rings. The van der Waals surface area contributed by atoms with E-state index in [2.05, 4.69) is 52.4 Å². The molecule has 4 nitrogen and oxygen atoms in total. The van der Waals surface area contributed by atoms with E-state index >= 15 is 0 Å². The lowest BCUT2D eigenvalue weighted by Crippen LogP contribution is -2.53. The van der Waals surface area contributed by atoms with Crippen molar-refractivity contribution < 1.29 is 17.5 Å². The summed E-state index contributed by atoms with van der Waals surface area (Å²) >= 11 is 0. The normalized spacial score (nSPS) is 15.6. The highest BCUT2D eigenvalue weighted by atomic mass is 28.5. The smallest absolute Gasteiger partial charge is 0.312 e. The summed E-state index contributed by atoms with van der Waals surface area (Å²) in [5, 5.41) is 8.87. The van der Waals surface area contributed by atoms with Crippen LogP contribution in [-0.4, -0.2) is 46.2 Å². The van der Waals surface area contributed by atoms with Crippen molar-refractivity contribution in [2.24, 2.45) is 0 Å². The molecular formula is C11H32O4Si4. The van der Waals surface area contributed by atoms with Gasteiger partial charge >= 0.3 is 17.1 Å². The van der Waals surface area contributed by atoms with E-state index in [4.69, 9.17) is 17.5 Å².